The number of carbonyl (C=O) groups excluding carboxylic acids is 1. The molecule has 0 spiro atoms. The molecule has 3 aromatic rings. The summed E-state index contributed by atoms with van der Waals surface area (Å²) in [6.07, 6.45) is 2.15. The number of nitrogens with zero attached hydrogens (tertiary/aromatic N) is 5. The highest BCUT2D eigenvalue weighted by Crippen LogP contribution is 2.34. The van der Waals surface area contributed by atoms with Crippen molar-refractivity contribution >= 4 is 23.4 Å². The number of methoxy groups -OCH3 is 1. The molecule has 0 fully saturated rings. The maximum absolute atomic E-state index is 13.0. The minimum Gasteiger partial charge on any atom is -0.497 e. The van der Waals surface area contributed by atoms with Gasteiger partial charge in [0, 0.05) is 6.42 Å². The summed E-state index contributed by atoms with van der Waals surface area (Å²) in [6, 6.07) is 11.0. The Labute approximate surface area is 171 Å². The van der Waals surface area contributed by atoms with Gasteiger partial charge in [0.05, 0.1) is 24.8 Å². The van der Waals surface area contributed by atoms with Crippen LogP contribution >= 0.6 is 11.8 Å². The van der Waals surface area contributed by atoms with Crippen LogP contribution in [0.3, 0.4) is 0 Å². The molecule has 3 heterocycles. The van der Waals surface area contributed by atoms with E-state index >= 15 is 0 Å². The zero-order valence-electron chi connectivity index (χ0n) is 16.0. The Kier molecular flexibility index (Phi) is 5.26. The molecule has 0 unspecified atom stereocenters. The van der Waals surface area contributed by atoms with Crippen LogP contribution in [-0.2, 0) is 4.79 Å². The summed E-state index contributed by atoms with van der Waals surface area (Å²) < 4.78 is 12.1. The molecule has 1 aliphatic rings. The third-order valence-corrected chi connectivity index (χ3v) is 5.55. The second-order valence-corrected chi connectivity index (χ2v) is 7.38. The van der Waals surface area contributed by atoms with Crippen LogP contribution in [0.25, 0.3) is 0 Å². The highest BCUT2D eigenvalue weighted by atomic mass is 32.2. The van der Waals surface area contributed by atoms with Gasteiger partial charge in [-0.3, -0.25) is 4.79 Å². The van der Waals surface area contributed by atoms with E-state index in [1.165, 1.54) is 21.4 Å². The van der Waals surface area contributed by atoms with E-state index in [1.807, 2.05) is 30.3 Å². The van der Waals surface area contributed by atoms with Crippen molar-refractivity contribution in [2.24, 2.45) is 5.10 Å². The topological polar surface area (TPSA) is 112 Å². The molecule has 1 amide bonds. The molecule has 29 heavy (non-hydrogen) atoms. The van der Waals surface area contributed by atoms with Gasteiger partial charge in [-0.25, -0.2) is 9.69 Å². The number of carbonyl (C=O) groups is 1. The molecular formula is C19H20N6O3S. The normalized spacial score (nSPS) is 16.1. The average molecular weight is 412 g/mol. The Bertz CT molecular complexity index is 1030. The quantitative estimate of drug-likeness (QED) is 0.489. The van der Waals surface area contributed by atoms with E-state index in [4.69, 9.17) is 15.0 Å². The predicted octanol–water partition coefficient (Wildman–Crippen LogP) is 2.37. The molecule has 1 atom stereocenters. The van der Waals surface area contributed by atoms with Crippen LogP contribution in [0.4, 0.5) is 0 Å². The van der Waals surface area contributed by atoms with Crippen LogP contribution in [0.15, 0.2) is 57.3 Å². The zero-order chi connectivity index (χ0) is 20.4. The Morgan fingerprint density at radius 1 is 1.31 bits per heavy atom. The van der Waals surface area contributed by atoms with Gasteiger partial charge in [0.1, 0.15) is 23.4 Å². The number of aromatic nitrogens is 3. The van der Waals surface area contributed by atoms with Crippen LogP contribution in [0.1, 0.15) is 29.6 Å². The van der Waals surface area contributed by atoms with E-state index < -0.39 is 0 Å². The number of ether oxygens (including phenoxy) is 1. The molecule has 0 radical (unpaired) electrons. The van der Waals surface area contributed by atoms with Gasteiger partial charge in [0.15, 0.2) is 0 Å². The number of nitrogens with two attached hydrogens (primary N) is 1. The van der Waals surface area contributed by atoms with Crippen LogP contribution in [-0.4, -0.2) is 44.4 Å². The first-order chi connectivity index (χ1) is 14.1. The number of rotatable bonds is 6. The van der Waals surface area contributed by atoms with E-state index in [2.05, 4.69) is 15.3 Å². The van der Waals surface area contributed by atoms with E-state index in [0.29, 0.717) is 23.2 Å². The number of nitrogen functional groups attached to an aromatic ring is 1. The maximum Gasteiger partial charge on any atom is 0.253 e. The van der Waals surface area contributed by atoms with Crippen LogP contribution in [0.5, 0.6) is 5.75 Å². The van der Waals surface area contributed by atoms with Gasteiger partial charge in [0.2, 0.25) is 5.16 Å². The van der Waals surface area contributed by atoms with Crippen LogP contribution in [0.2, 0.25) is 0 Å². The lowest BCUT2D eigenvalue weighted by atomic mass is 10.0. The molecule has 0 saturated heterocycles. The summed E-state index contributed by atoms with van der Waals surface area (Å²) in [5.41, 5.74) is 1.74. The van der Waals surface area contributed by atoms with Gasteiger partial charge in [-0.05, 0) is 48.9 Å². The smallest absolute Gasteiger partial charge is 0.253 e. The molecule has 0 saturated carbocycles. The Balaban J connectivity index is 1.55. The Hall–Kier alpha value is -3.27. The fourth-order valence-corrected chi connectivity index (χ4v) is 3.80. The number of hydrogen-bond donors (Lipinski definition) is 1. The van der Waals surface area contributed by atoms with Gasteiger partial charge >= 0.3 is 0 Å². The summed E-state index contributed by atoms with van der Waals surface area (Å²) in [5.74, 6) is 7.86. The molecule has 0 bridgehead atoms. The van der Waals surface area contributed by atoms with Crippen molar-refractivity contribution in [3.8, 4) is 5.75 Å². The SMILES string of the molecule is COc1ccc(C2=NN(C(=O)CSc3nnc(C)n3N)[C@@H](c3ccco3)C2)cc1. The van der Waals surface area contributed by atoms with E-state index in [0.717, 1.165) is 17.0 Å². The molecule has 4 rings (SSSR count). The van der Waals surface area contributed by atoms with Gasteiger partial charge in [-0.1, -0.05) is 11.8 Å². The largest absolute Gasteiger partial charge is 0.497 e. The van der Waals surface area contributed by atoms with Crippen molar-refractivity contribution < 1.29 is 13.9 Å². The number of benzene rings is 1. The van der Waals surface area contributed by atoms with Gasteiger partial charge in [-0.2, -0.15) is 5.10 Å². The van der Waals surface area contributed by atoms with Gasteiger partial charge in [-0.15, -0.1) is 10.2 Å². The minimum absolute atomic E-state index is 0.131. The lowest BCUT2D eigenvalue weighted by molar-refractivity contribution is -0.130. The molecular weight excluding hydrogens is 392 g/mol. The number of furan rings is 1. The molecule has 1 aliphatic heterocycles. The lowest BCUT2D eigenvalue weighted by Crippen LogP contribution is -2.28. The van der Waals surface area contributed by atoms with Crippen molar-refractivity contribution in [2.45, 2.75) is 24.5 Å². The zero-order valence-corrected chi connectivity index (χ0v) is 16.8. The first-order valence-corrected chi connectivity index (χ1v) is 9.92. The van der Waals surface area contributed by atoms with Crippen molar-refractivity contribution in [3.63, 3.8) is 0 Å². The standard InChI is InChI=1S/C19H20N6O3S/c1-12-21-22-19(24(12)20)29-11-18(26)25-16(17-4-3-9-28-17)10-15(23-25)13-5-7-14(27-2)8-6-13/h3-9,16H,10-11,20H2,1-2H3/t16-/m1/s1. The highest BCUT2D eigenvalue weighted by Gasteiger charge is 2.35. The molecule has 2 aromatic heterocycles. The molecule has 1 aromatic carbocycles. The number of amides is 1. The second-order valence-electron chi connectivity index (χ2n) is 6.44. The molecule has 10 heteroatoms. The summed E-state index contributed by atoms with van der Waals surface area (Å²) >= 11 is 1.22. The number of thioether (sulfide) groups is 1. The summed E-state index contributed by atoms with van der Waals surface area (Å²) in [6.45, 7) is 1.75. The Morgan fingerprint density at radius 2 is 2.10 bits per heavy atom. The number of hydrogen-bond acceptors (Lipinski definition) is 8. The van der Waals surface area contributed by atoms with Crippen molar-refractivity contribution in [1.82, 2.24) is 19.9 Å². The van der Waals surface area contributed by atoms with E-state index in [9.17, 15) is 4.79 Å². The van der Waals surface area contributed by atoms with Crippen molar-refractivity contribution in [3.05, 3.63) is 59.8 Å². The maximum atomic E-state index is 13.0. The highest BCUT2D eigenvalue weighted by molar-refractivity contribution is 7.99. The number of hydrazone groups is 1. The second kappa shape index (κ2) is 8.00. The van der Waals surface area contributed by atoms with Gasteiger partial charge in [0.25, 0.3) is 5.91 Å². The number of aryl methyl sites for hydroxylation is 1. The first-order valence-electron chi connectivity index (χ1n) is 8.94. The molecule has 150 valence electrons. The first kappa shape index (κ1) is 19.1. The summed E-state index contributed by atoms with van der Waals surface area (Å²) in [4.78, 5) is 13.0. The van der Waals surface area contributed by atoms with Crippen molar-refractivity contribution in [2.75, 3.05) is 18.7 Å². The third-order valence-electron chi connectivity index (χ3n) is 4.62. The van der Waals surface area contributed by atoms with Gasteiger partial charge < -0.3 is 15.0 Å². The fourth-order valence-electron chi connectivity index (χ4n) is 3.04. The summed E-state index contributed by atoms with van der Waals surface area (Å²) in [5, 5.41) is 14.4. The summed E-state index contributed by atoms with van der Waals surface area (Å²) in [7, 11) is 1.62. The molecule has 9 nitrogen and oxygen atoms in total. The minimum atomic E-state index is -0.298. The van der Waals surface area contributed by atoms with E-state index in [1.54, 1.807) is 26.4 Å². The molecule has 2 N–H and O–H groups in total. The average Bonchev–Trinajstić information content (AvgIpc) is 3.48. The van der Waals surface area contributed by atoms with Crippen LogP contribution in [0, 0.1) is 6.92 Å². The molecule has 0 aliphatic carbocycles. The van der Waals surface area contributed by atoms with Crippen LogP contribution < -0.4 is 10.6 Å². The fraction of sp³-hybridized carbons (Fsp3) is 0.263. The lowest BCUT2D eigenvalue weighted by Gasteiger charge is -2.19. The monoisotopic (exact) mass is 412 g/mol. The third kappa shape index (κ3) is 3.83. The van der Waals surface area contributed by atoms with Crippen molar-refractivity contribution in [1.29, 1.82) is 0 Å². The predicted molar refractivity (Wildman–Crippen MR) is 108 cm³/mol. The van der Waals surface area contributed by atoms with E-state index in [-0.39, 0.29) is 17.7 Å². The Morgan fingerprint density at radius 3 is 2.72 bits per heavy atom.